The first-order valence-corrected chi connectivity index (χ1v) is 8.15. The number of rotatable bonds is 4. The molecule has 0 aliphatic rings. The molecule has 0 radical (unpaired) electrons. The summed E-state index contributed by atoms with van der Waals surface area (Å²) in [6, 6.07) is 17.8. The zero-order valence-electron chi connectivity index (χ0n) is 13.2. The Morgan fingerprint density at radius 2 is 1.84 bits per heavy atom. The van der Waals surface area contributed by atoms with E-state index in [-0.39, 0.29) is 17.4 Å². The summed E-state index contributed by atoms with van der Waals surface area (Å²) in [5.41, 5.74) is 1.51. The quantitative estimate of drug-likeness (QED) is 0.684. The van der Waals surface area contributed by atoms with Crippen molar-refractivity contribution in [2.75, 3.05) is 12.4 Å². The molecule has 1 N–H and O–H groups in total. The van der Waals surface area contributed by atoms with E-state index in [0.29, 0.717) is 11.3 Å². The van der Waals surface area contributed by atoms with Gasteiger partial charge in [-0.05, 0) is 48.5 Å². The molecule has 2 aromatic carbocycles. The highest BCUT2D eigenvalue weighted by molar-refractivity contribution is 9.10. The molecule has 0 aliphatic carbocycles. The average Bonchev–Trinajstić information content (AvgIpc) is 3.05. The minimum absolute atomic E-state index is 0.126. The van der Waals surface area contributed by atoms with E-state index in [9.17, 15) is 10.1 Å². The fourth-order valence-corrected chi connectivity index (χ4v) is 2.51. The van der Waals surface area contributed by atoms with Crippen molar-refractivity contribution in [1.29, 1.82) is 5.26 Å². The number of benzene rings is 2. The second-order valence-electron chi connectivity index (χ2n) is 5.15. The second kappa shape index (κ2) is 7.24. The molecule has 0 unspecified atom stereocenters. The molecular weight excluding hydrogens is 384 g/mol. The number of nitrogens with one attached hydrogen (secondary N) is 1. The molecule has 1 heterocycles. The predicted octanol–water partition coefficient (Wildman–Crippen LogP) is 4.84. The Morgan fingerprint density at radius 1 is 1.16 bits per heavy atom. The van der Waals surface area contributed by atoms with Crippen molar-refractivity contribution in [3.63, 3.8) is 0 Å². The number of hydrogen-bond acceptors (Lipinski definition) is 4. The second-order valence-corrected chi connectivity index (χ2v) is 6.07. The van der Waals surface area contributed by atoms with Crippen LogP contribution in [-0.2, 0) is 0 Å². The maximum absolute atomic E-state index is 12.3. The molecular formula is C19H13BrN2O3. The minimum Gasteiger partial charge on any atom is -0.497 e. The molecule has 0 saturated heterocycles. The van der Waals surface area contributed by atoms with Crippen molar-refractivity contribution in [1.82, 2.24) is 0 Å². The minimum atomic E-state index is -0.348. The standard InChI is InChI=1S/C19H13BrN2O3/c1-24-16-8-4-12(5-9-16)17-10-14(11-21)19(25-17)22-18(23)13-2-6-15(20)7-3-13/h2-10H,1H3,(H,22,23). The van der Waals surface area contributed by atoms with Crippen molar-refractivity contribution in [2.24, 2.45) is 0 Å². The van der Waals surface area contributed by atoms with Gasteiger partial charge in [-0.25, -0.2) is 0 Å². The molecule has 0 aliphatic heterocycles. The Balaban J connectivity index is 1.86. The van der Waals surface area contributed by atoms with E-state index in [0.717, 1.165) is 15.8 Å². The number of nitriles is 1. The lowest BCUT2D eigenvalue weighted by molar-refractivity contribution is 0.102. The molecule has 3 aromatic rings. The number of carbonyl (C=O) groups is 1. The number of carbonyl (C=O) groups excluding carboxylic acids is 1. The third kappa shape index (κ3) is 3.73. The molecule has 1 amide bonds. The fourth-order valence-electron chi connectivity index (χ4n) is 2.24. The van der Waals surface area contributed by atoms with Crippen LogP contribution in [0.4, 0.5) is 5.88 Å². The molecule has 6 heteroatoms. The number of amides is 1. The summed E-state index contributed by atoms with van der Waals surface area (Å²) in [5.74, 6) is 0.991. The maximum Gasteiger partial charge on any atom is 0.258 e. The van der Waals surface area contributed by atoms with Gasteiger partial charge in [-0.2, -0.15) is 5.26 Å². The highest BCUT2D eigenvalue weighted by Gasteiger charge is 2.16. The lowest BCUT2D eigenvalue weighted by Gasteiger charge is -2.03. The molecule has 0 spiro atoms. The normalized spacial score (nSPS) is 10.1. The number of methoxy groups -OCH3 is 1. The Hall–Kier alpha value is -3.04. The Bertz CT molecular complexity index is 938. The van der Waals surface area contributed by atoms with E-state index in [1.54, 1.807) is 49.6 Å². The molecule has 0 fully saturated rings. The number of hydrogen-bond donors (Lipinski definition) is 1. The third-order valence-electron chi connectivity index (χ3n) is 3.56. The van der Waals surface area contributed by atoms with E-state index in [1.807, 2.05) is 18.2 Å². The molecule has 3 rings (SSSR count). The molecule has 0 atom stereocenters. The van der Waals surface area contributed by atoms with Crippen molar-refractivity contribution in [3.05, 3.63) is 70.2 Å². The number of nitrogens with zero attached hydrogens (tertiary/aromatic N) is 1. The number of ether oxygens (including phenoxy) is 1. The summed E-state index contributed by atoms with van der Waals surface area (Å²) in [7, 11) is 1.59. The van der Waals surface area contributed by atoms with Gasteiger partial charge in [0, 0.05) is 21.7 Å². The van der Waals surface area contributed by atoms with Gasteiger partial charge in [0.05, 0.1) is 7.11 Å². The highest BCUT2D eigenvalue weighted by Crippen LogP contribution is 2.30. The smallest absolute Gasteiger partial charge is 0.258 e. The maximum atomic E-state index is 12.3. The van der Waals surface area contributed by atoms with Gasteiger partial charge in [0.1, 0.15) is 23.1 Å². The van der Waals surface area contributed by atoms with Gasteiger partial charge in [-0.3, -0.25) is 10.1 Å². The number of anilines is 1. The fraction of sp³-hybridized carbons (Fsp3) is 0.0526. The Morgan fingerprint density at radius 3 is 2.44 bits per heavy atom. The van der Waals surface area contributed by atoms with Crippen LogP contribution in [0.5, 0.6) is 5.75 Å². The molecule has 5 nitrogen and oxygen atoms in total. The van der Waals surface area contributed by atoms with Crippen molar-refractivity contribution in [3.8, 4) is 23.1 Å². The first kappa shape index (κ1) is 16.8. The van der Waals surface area contributed by atoms with Crippen LogP contribution >= 0.6 is 15.9 Å². The van der Waals surface area contributed by atoms with Gasteiger partial charge < -0.3 is 9.15 Å². The van der Waals surface area contributed by atoms with Crippen LogP contribution in [0.15, 0.2) is 63.5 Å². The van der Waals surface area contributed by atoms with Crippen LogP contribution in [0.25, 0.3) is 11.3 Å². The van der Waals surface area contributed by atoms with Crippen molar-refractivity contribution in [2.45, 2.75) is 0 Å². The van der Waals surface area contributed by atoms with Crippen LogP contribution in [0, 0.1) is 11.3 Å². The van der Waals surface area contributed by atoms with Crippen molar-refractivity contribution < 1.29 is 13.9 Å². The molecule has 0 saturated carbocycles. The SMILES string of the molecule is COc1ccc(-c2cc(C#N)c(NC(=O)c3ccc(Br)cc3)o2)cc1. The van der Waals surface area contributed by atoms with Gasteiger partial charge >= 0.3 is 0 Å². The Kier molecular flexibility index (Phi) is 4.87. The monoisotopic (exact) mass is 396 g/mol. The van der Waals surface area contributed by atoms with Gasteiger partial charge in [0.2, 0.25) is 5.88 Å². The highest BCUT2D eigenvalue weighted by atomic mass is 79.9. The number of furan rings is 1. The van der Waals surface area contributed by atoms with E-state index in [4.69, 9.17) is 9.15 Å². The molecule has 124 valence electrons. The van der Waals surface area contributed by atoms with Crippen LogP contribution in [-0.4, -0.2) is 13.0 Å². The average molecular weight is 397 g/mol. The van der Waals surface area contributed by atoms with E-state index < -0.39 is 0 Å². The van der Waals surface area contributed by atoms with Crippen LogP contribution in [0.1, 0.15) is 15.9 Å². The van der Waals surface area contributed by atoms with Gasteiger partial charge in [-0.15, -0.1) is 0 Å². The summed E-state index contributed by atoms with van der Waals surface area (Å²) < 4.78 is 11.7. The summed E-state index contributed by atoms with van der Waals surface area (Å²) in [6.45, 7) is 0. The van der Waals surface area contributed by atoms with E-state index >= 15 is 0 Å². The lowest BCUT2D eigenvalue weighted by atomic mass is 10.1. The summed E-state index contributed by atoms with van der Waals surface area (Å²) >= 11 is 3.32. The first-order valence-electron chi connectivity index (χ1n) is 7.36. The van der Waals surface area contributed by atoms with E-state index in [2.05, 4.69) is 21.2 Å². The predicted molar refractivity (Wildman–Crippen MR) is 97.5 cm³/mol. The molecule has 1 aromatic heterocycles. The summed E-state index contributed by atoms with van der Waals surface area (Å²) in [4.78, 5) is 12.3. The Labute approximate surface area is 153 Å². The largest absolute Gasteiger partial charge is 0.497 e. The topological polar surface area (TPSA) is 75.3 Å². The first-order chi connectivity index (χ1) is 12.1. The van der Waals surface area contributed by atoms with Crippen LogP contribution in [0.3, 0.4) is 0 Å². The van der Waals surface area contributed by atoms with Gasteiger partial charge in [0.25, 0.3) is 5.91 Å². The van der Waals surface area contributed by atoms with Crippen LogP contribution < -0.4 is 10.1 Å². The van der Waals surface area contributed by atoms with E-state index in [1.165, 1.54) is 0 Å². The zero-order chi connectivity index (χ0) is 17.8. The van der Waals surface area contributed by atoms with Gasteiger partial charge in [-0.1, -0.05) is 15.9 Å². The van der Waals surface area contributed by atoms with Crippen molar-refractivity contribution >= 4 is 27.7 Å². The summed E-state index contributed by atoms with van der Waals surface area (Å²) in [6.07, 6.45) is 0. The lowest BCUT2D eigenvalue weighted by Crippen LogP contribution is -2.11. The summed E-state index contributed by atoms with van der Waals surface area (Å²) in [5, 5.41) is 11.9. The molecule has 25 heavy (non-hydrogen) atoms. The third-order valence-corrected chi connectivity index (χ3v) is 4.09. The number of halogens is 1. The van der Waals surface area contributed by atoms with Gasteiger partial charge in [0.15, 0.2) is 0 Å². The molecule has 0 bridgehead atoms. The zero-order valence-corrected chi connectivity index (χ0v) is 14.8. The van der Waals surface area contributed by atoms with Crippen LogP contribution in [0.2, 0.25) is 0 Å².